The number of benzene rings is 2. The normalized spacial score (nSPS) is 11.4. The first kappa shape index (κ1) is 13.1. The molecule has 0 aliphatic heterocycles. The minimum Gasteiger partial charge on any atom is -0.225 e. The lowest BCUT2D eigenvalue weighted by Gasteiger charge is -2.11. The number of alkyl halides is 1. The molecular weight excluding hydrogens is 270 g/mol. The molecule has 2 rings (SSSR count). The maximum atomic E-state index is 11.6. The SMILES string of the molecule is NS(=O)(=O)c1ccccc1-c1ccccc1CCl. The van der Waals surface area contributed by atoms with Crippen LogP contribution in [0.5, 0.6) is 0 Å². The lowest BCUT2D eigenvalue weighted by atomic mass is 10.0. The molecule has 2 aromatic carbocycles. The molecule has 0 heterocycles. The van der Waals surface area contributed by atoms with E-state index in [4.69, 9.17) is 16.7 Å². The zero-order valence-electron chi connectivity index (χ0n) is 9.51. The van der Waals surface area contributed by atoms with E-state index in [0.29, 0.717) is 11.4 Å². The van der Waals surface area contributed by atoms with Crippen molar-refractivity contribution >= 4 is 21.6 Å². The van der Waals surface area contributed by atoms with E-state index in [-0.39, 0.29) is 4.90 Å². The summed E-state index contributed by atoms with van der Waals surface area (Å²) in [7, 11) is -3.75. The fourth-order valence-corrected chi connectivity index (χ4v) is 2.82. The Kier molecular flexibility index (Phi) is 3.71. The molecule has 0 aromatic heterocycles. The number of halogens is 1. The van der Waals surface area contributed by atoms with Gasteiger partial charge in [0.05, 0.1) is 4.90 Å². The molecule has 0 fully saturated rings. The Bertz CT molecular complexity index is 668. The Morgan fingerprint density at radius 3 is 2.11 bits per heavy atom. The van der Waals surface area contributed by atoms with E-state index in [1.807, 2.05) is 24.3 Å². The van der Waals surface area contributed by atoms with Crippen LogP contribution in [-0.2, 0) is 15.9 Å². The van der Waals surface area contributed by atoms with Crippen LogP contribution in [0.25, 0.3) is 11.1 Å². The van der Waals surface area contributed by atoms with Crippen LogP contribution >= 0.6 is 11.6 Å². The second-order valence-electron chi connectivity index (χ2n) is 3.83. The molecule has 0 spiro atoms. The van der Waals surface area contributed by atoms with Crippen molar-refractivity contribution in [3.8, 4) is 11.1 Å². The van der Waals surface area contributed by atoms with Crippen LogP contribution < -0.4 is 5.14 Å². The molecule has 0 saturated carbocycles. The van der Waals surface area contributed by atoms with Gasteiger partial charge < -0.3 is 0 Å². The minimum absolute atomic E-state index is 0.113. The number of rotatable bonds is 3. The lowest BCUT2D eigenvalue weighted by molar-refractivity contribution is 0.598. The molecule has 2 N–H and O–H groups in total. The van der Waals surface area contributed by atoms with Crippen LogP contribution in [0, 0.1) is 0 Å². The third-order valence-corrected chi connectivity index (χ3v) is 3.90. The standard InChI is InChI=1S/C13H12ClNO2S/c14-9-10-5-1-2-6-11(10)12-7-3-4-8-13(12)18(15,16)17/h1-8H,9H2,(H2,15,16,17). The highest BCUT2D eigenvalue weighted by Crippen LogP contribution is 2.30. The highest BCUT2D eigenvalue weighted by molar-refractivity contribution is 7.89. The van der Waals surface area contributed by atoms with Crippen molar-refractivity contribution in [2.24, 2.45) is 5.14 Å². The minimum atomic E-state index is -3.75. The molecule has 0 aliphatic carbocycles. The molecule has 18 heavy (non-hydrogen) atoms. The fraction of sp³-hybridized carbons (Fsp3) is 0.0769. The van der Waals surface area contributed by atoms with E-state index in [2.05, 4.69) is 0 Å². The van der Waals surface area contributed by atoms with Gasteiger partial charge in [0.15, 0.2) is 0 Å². The Labute approximate surface area is 111 Å². The van der Waals surface area contributed by atoms with E-state index in [0.717, 1.165) is 11.1 Å². The summed E-state index contributed by atoms with van der Waals surface area (Å²) in [5.74, 6) is 0.315. The van der Waals surface area contributed by atoms with Gasteiger partial charge in [-0.2, -0.15) is 0 Å². The van der Waals surface area contributed by atoms with Crippen LogP contribution in [0.4, 0.5) is 0 Å². The second-order valence-corrected chi connectivity index (χ2v) is 5.63. The van der Waals surface area contributed by atoms with Crippen molar-refractivity contribution in [2.45, 2.75) is 10.8 Å². The molecule has 2 aromatic rings. The highest BCUT2D eigenvalue weighted by Gasteiger charge is 2.15. The number of nitrogens with two attached hydrogens (primary N) is 1. The highest BCUT2D eigenvalue weighted by atomic mass is 35.5. The summed E-state index contributed by atoms with van der Waals surface area (Å²) in [4.78, 5) is 0.113. The molecule has 5 heteroatoms. The zero-order valence-corrected chi connectivity index (χ0v) is 11.1. The van der Waals surface area contributed by atoms with Gasteiger partial charge in [0.25, 0.3) is 0 Å². The maximum Gasteiger partial charge on any atom is 0.238 e. The average Bonchev–Trinajstić information content (AvgIpc) is 2.37. The fourth-order valence-electron chi connectivity index (χ4n) is 1.84. The molecule has 0 saturated heterocycles. The molecule has 0 aliphatic rings. The lowest BCUT2D eigenvalue weighted by Crippen LogP contribution is -2.13. The largest absolute Gasteiger partial charge is 0.238 e. The molecule has 0 radical (unpaired) electrons. The van der Waals surface area contributed by atoms with Crippen LogP contribution in [-0.4, -0.2) is 8.42 Å². The Hall–Kier alpha value is -1.36. The van der Waals surface area contributed by atoms with Gasteiger partial charge in [-0.05, 0) is 17.2 Å². The van der Waals surface area contributed by atoms with E-state index in [1.165, 1.54) is 6.07 Å². The van der Waals surface area contributed by atoms with Gasteiger partial charge in [0, 0.05) is 11.4 Å². The predicted octanol–water partition coefficient (Wildman–Crippen LogP) is 2.74. The van der Waals surface area contributed by atoms with Gasteiger partial charge in [-0.1, -0.05) is 42.5 Å². The van der Waals surface area contributed by atoms with Crippen molar-refractivity contribution in [1.82, 2.24) is 0 Å². The van der Waals surface area contributed by atoms with Gasteiger partial charge in [0.2, 0.25) is 10.0 Å². The first-order valence-electron chi connectivity index (χ1n) is 5.30. The first-order valence-corrected chi connectivity index (χ1v) is 7.38. The van der Waals surface area contributed by atoms with Crippen LogP contribution in [0.15, 0.2) is 53.4 Å². The number of primary sulfonamides is 1. The Morgan fingerprint density at radius 2 is 1.50 bits per heavy atom. The van der Waals surface area contributed by atoms with Crippen molar-refractivity contribution in [2.75, 3.05) is 0 Å². The molecule has 94 valence electrons. The molecule has 0 atom stereocenters. The molecule has 3 nitrogen and oxygen atoms in total. The van der Waals surface area contributed by atoms with E-state index in [1.54, 1.807) is 18.2 Å². The summed E-state index contributed by atoms with van der Waals surface area (Å²) in [5.41, 5.74) is 2.24. The summed E-state index contributed by atoms with van der Waals surface area (Å²) in [6, 6.07) is 14.0. The topological polar surface area (TPSA) is 60.2 Å². The van der Waals surface area contributed by atoms with Gasteiger partial charge in [-0.25, -0.2) is 13.6 Å². The predicted molar refractivity (Wildman–Crippen MR) is 72.8 cm³/mol. The molecular formula is C13H12ClNO2S. The van der Waals surface area contributed by atoms with Crippen LogP contribution in [0.2, 0.25) is 0 Å². The van der Waals surface area contributed by atoms with Crippen molar-refractivity contribution in [3.05, 3.63) is 54.1 Å². The smallest absolute Gasteiger partial charge is 0.225 e. The summed E-state index contributed by atoms with van der Waals surface area (Å²) < 4.78 is 23.1. The average molecular weight is 282 g/mol. The third kappa shape index (κ3) is 2.56. The summed E-state index contributed by atoms with van der Waals surface area (Å²) in [6.45, 7) is 0. The Balaban J connectivity index is 2.72. The van der Waals surface area contributed by atoms with Gasteiger partial charge in [0.1, 0.15) is 0 Å². The first-order chi connectivity index (χ1) is 8.54. The van der Waals surface area contributed by atoms with Crippen molar-refractivity contribution in [3.63, 3.8) is 0 Å². The third-order valence-electron chi connectivity index (χ3n) is 2.65. The van der Waals surface area contributed by atoms with Crippen molar-refractivity contribution in [1.29, 1.82) is 0 Å². The monoisotopic (exact) mass is 281 g/mol. The molecule has 0 unspecified atom stereocenters. The van der Waals surface area contributed by atoms with E-state index < -0.39 is 10.0 Å². The zero-order chi connectivity index (χ0) is 13.2. The Morgan fingerprint density at radius 1 is 0.944 bits per heavy atom. The van der Waals surface area contributed by atoms with E-state index >= 15 is 0 Å². The quantitative estimate of drug-likeness (QED) is 0.880. The van der Waals surface area contributed by atoms with Gasteiger partial charge >= 0.3 is 0 Å². The molecule has 0 amide bonds. The van der Waals surface area contributed by atoms with E-state index in [9.17, 15) is 8.42 Å². The van der Waals surface area contributed by atoms with Crippen LogP contribution in [0.3, 0.4) is 0 Å². The number of hydrogen-bond acceptors (Lipinski definition) is 2. The summed E-state index contributed by atoms with van der Waals surface area (Å²) in [6.07, 6.45) is 0. The number of sulfonamides is 1. The van der Waals surface area contributed by atoms with Gasteiger partial charge in [-0.15, -0.1) is 11.6 Å². The van der Waals surface area contributed by atoms with Gasteiger partial charge in [-0.3, -0.25) is 0 Å². The van der Waals surface area contributed by atoms with Crippen LogP contribution in [0.1, 0.15) is 5.56 Å². The second kappa shape index (κ2) is 5.10. The maximum absolute atomic E-state index is 11.6. The van der Waals surface area contributed by atoms with Crippen molar-refractivity contribution < 1.29 is 8.42 Å². The molecule has 0 bridgehead atoms. The number of hydrogen-bond donors (Lipinski definition) is 1. The summed E-state index contributed by atoms with van der Waals surface area (Å²) >= 11 is 5.87. The summed E-state index contributed by atoms with van der Waals surface area (Å²) in [5, 5.41) is 5.23.